The van der Waals surface area contributed by atoms with Crippen molar-refractivity contribution in [2.75, 3.05) is 13.1 Å². The molecule has 3 rings (SSSR count). The summed E-state index contributed by atoms with van der Waals surface area (Å²) >= 11 is 1.39. The third-order valence-electron chi connectivity index (χ3n) is 4.86. The lowest BCUT2D eigenvalue weighted by Gasteiger charge is -2.21. The van der Waals surface area contributed by atoms with Crippen molar-refractivity contribution in [2.45, 2.75) is 47.0 Å². The number of aromatic nitrogens is 4. The smallest absolute Gasteiger partial charge is 0.268 e. The molecule has 28 heavy (non-hydrogen) atoms. The molecule has 0 radical (unpaired) electrons. The van der Waals surface area contributed by atoms with Crippen LogP contribution >= 0.6 is 11.3 Å². The van der Waals surface area contributed by atoms with E-state index in [1.54, 1.807) is 9.08 Å². The van der Waals surface area contributed by atoms with E-state index in [1.807, 2.05) is 37.2 Å². The first kappa shape index (κ1) is 20.3. The molecule has 0 spiro atoms. The van der Waals surface area contributed by atoms with E-state index < -0.39 is 0 Å². The molecule has 0 N–H and O–H groups in total. The third kappa shape index (κ3) is 3.73. The Balaban J connectivity index is 2.05. The van der Waals surface area contributed by atoms with Gasteiger partial charge >= 0.3 is 0 Å². The Labute approximate surface area is 168 Å². The Morgan fingerprint density at radius 1 is 1.21 bits per heavy atom. The number of carbonyl (C=O) groups excluding carboxylic acids is 1. The van der Waals surface area contributed by atoms with E-state index in [0.717, 1.165) is 31.6 Å². The third-order valence-corrected chi connectivity index (χ3v) is 5.74. The molecular weight excluding hydrogens is 374 g/mol. The SMILES string of the molecule is CCCN(CCC)C(=O)Cc1csc2nc(C)c(-c3cc(C)n(C)n3)c(=O)n12. The lowest BCUT2D eigenvalue weighted by atomic mass is 10.1. The second-order valence-corrected chi connectivity index (χ2v) is 7.91. The summed E-state index contributed by atoms with van der Waals surface area (Å²) in [4.78, 5) is 33.2. The second-order valence-electron chi connectivity index (χ2n) is 7.07. The summed E-state index contributed by atoms with van der Waals surface area (Å²) in [5, 5.41) is 6.32. The Kier molecular flexibility index (Phi) is 5.98. The number of hydrogen-bond acceptors (Lipinski definition) is 5. The summed E-state index contributed by atoms with van der Waals surface area (Å²) in [6, 6.07) is 1.89. The molecule has 3 aromatic heterocycles. The van der Waals surface area contributed by atoms with Crippen LogP contribution in [0.3, 0.4) is 0 Å². The standard InChI is InChI=1S/C20H27N5O2S/c1-6-8-24(9-7-2)17(26)11-15-12-28-20-21-14(4)18(19(27)25(15)20)16-10-13(3)23(5)22-16/h10,12H,6-9,11H2,1-5H3. The Morgan fingerprint density at radius 3 is 2.46 bits per heavy atom. The minimum Gasteiger partial charge on any atom is -0.342 e. The zero-order valence-corrected chi connectivity index (χ0v) is 18.0. The lowest BCUT2D eigenvalue weighted by molar-refractivity contribution is -0.130. The zero-order chi connectivity index (χ0) is 20.4. The topological polar surface area (TPSA) is 72.5 Å². The molecule has 0 aliphatic carbocycles. The zero-order valence-electron chi connectivity index (χ0n) is 17.2. The van der Waals surface area contributed by atoms with Crippen LogP contribution in [0.4, 0.5) is 0 Å². The molecule has 150 valence electrons. The number of aryl methyl sites for hydroxylation is 3. The number of amides is 1. The maximum atomic E-state index is 13.3. The first-order valence-corrected chi connectivity index (χ1v) is 10.5. The van der Waals surface area contributed by atoms with Gasteiger partial charge in [0.1, 0.15) is 0 Å². The van der Waals surface area contributed by atoms with Crippen LogP contribution < -0.4 is 5.56 Å². The van der Waals surface area contributed by atoms with Gasteiger partial charge in [0.15, 0.2) is 4.96 Å². The van der Waals surface area contributed by atoms with Crippen molar-refractivity contribution >= 4 is 22.2 Å². The van der Waals surface area contributed by atoms with Gasteiger partial charge in [0.25, 0.3) is 5.56 Å². The summed E-state index contributed by atoms with van der Waals surface area (Å²) in [5.74, 6) is 0.0473. The lowest BCUT2D eigenvalue weighted by Crippen LogP contribution is -2.34. The van der Waals surface area contributed by atoms with Crippen molar-refractivity contribution in [3.63, 3.8) is 0 Å². The van der Waals surface area contributed by atoms with Crippen LogP contribution in [0.25, 0.3) is 16.2 Å². The van der Waals surface area contributed by atoms with Gasteiger partial charge in [-0.1, -0.05) is 13.8 Å². The van der Waals surface area contributed by atoms with Crippen LogP contribution in [-0.4, -0.2) is 43.1 Å². The maximum Gasteiger partial charge on any atom is 0.268 e. The minimum absolute atomic E-state index is 0.0473. The van der Waals surface area contributed by atoms with Crippen molar-refractivity contribution in [1.82, 2.24) is 24.1 Å². The van der Waals surface area contributed by atoms with E-state index in [0.29, 0.717) is 27.6 Å². The normalized spacial score (nSPS) is 11.3. The van der Waals surface area contributed by atoms with Crippen LogP contribution in [0, 0.1) is 13.8 Å². The van der Waals surface area contributed by atoms with Crippen LogP contribution in [0.15, 0.2) is 16.2 Å². The van der Waals surface area contributed by atoms with Crippen molar-refractivity contribution in [3.05, 3.63) is 38.9 Å². The predicted octanol–water partition coefficient (Wildman–Crippen LogP) is 2.96. The minimum atomic E-state index is -0.165. The fourth-order valence-electron chi connectivity index (χ4n) is 3.37. The highest BCUT2D eigenvalue weighted by Gasteiger charge is 2.20. The summed E-state index contributed by atoms with van der Waals surface area (Å²) in [7, 11) is 1.85. The Bertz CT molecular complexity index is 1040. The average molecular weight is 402 g/mol. The van der Waals surface area contributed by atoms with Gasteiger partial charge in [-0.15, -0.1) is 11.3 Å². The van der Waals surface area contributed by atoms with Gasteiger partial charge in [0.05, 0.1) is 23.4 Å². The first-order valence-electron chi connectivity index (χ1n) is 9.65. The number of rotatable bonds is 7. The molecule has 7 nitrogen and oxygen atoms in total. The summed E-state index contributed by atoms with van der Waals surface area (Å²) in [5.41, 5.74) is 3.25. The van der Waals surface area contributed by atoms with Crippen molar-refractivity contribution in [3.8, 4) is 11.3 Å². The highest BCUT2D eigenvalue weighted by molar-refractivity contribution is 7.15. The van der Waals surface area contributed by atoms with Gasteiger partial charge in [0, 0.05) is 36.9 Å². The molecule has 3 aromatic rings. The molecule has 0 aliphatic rings. The molecule has 0 fully saturated rings. The van der Waals surface area contributed by atoms with Gasteiger partial charge < -0.3 is 4.90 Å². The highest BCUT2D eigenvalue weighted by Crippen LogP contribution is 2.22. The molecule has 0 unspecified atom stereocenters. The van der Waals surface area contributed by atoms with Crippen molar-refractivity contribution in [1.29, 1.82) is 0 Å². The Hall–Kier alpha value is -2.48. The molecule has 0 atom stereocenters. The van der Waals surface area contributed by atoms with Gasteiger partial charge in [-0.05, 0) is 32.8 Å². The number of fused-ring (bicyclic) bond motifs is 1. The fourth-order valence-corrected chi connectivity index (χ4v) is 4.30. The molecule has 0 aromatic carbocycles. The Morgan fingerprint density at radius 2 is 1.89 bits per heavy atom. The highest BCUT2D eigenvalue weighted by atomic mass is 32.1. The van der Waals surface area contributed by atoms with Crippen molar-refractivity contribution in [2.24, 2.45) is 7.05 Å². The first-order chi connectivity index (χ1) is 13.4. The number of thiazole rings is 1. The number of nitrogens with zero attached hydrogens (tertiary/aromatic N) is 5. The summed E-state index contributed by atoms with van der Waals surface area (Å²) < 4.78 is 3.32. The monoisotopic (exact) mass is 401 g/mol. The quantitative estimate of drug-likeness (QED) is 0.610. The molecule has 8 heteroatoms. The van der Waals surface area contributed by atoms with E-state index in [1.165, 1.54) is 11.3 Å². The molecule has 3 heterocycles. The van der Waals surface area contributed by atoms with E-state index in [2.05, 4.69) is 23.9 Å². The average Bonchev–Trinajstić information content (AvgIpc) is 3.18. The largest absolute Gasteiger partial charge is 0.342 e. The van der Waals surface area contributed by atoms with E-state index in [4.69, 9.17) is 0 Å². The molecule has 0 saturated carbocycles. The molecule has 0 aliphatic heterocycles. The van der Waals surface area contributed by atoms with Gasteiger partial charge in [-0.25, -0.2) is 4.98 Å². The predicted molar refractivity (Wildman–Crippen MR) is 112 cm³/mol. The molecular formula is C20H27N5O2S. The van der Waals surface area contributed by atoms with Crippen molar-refractivity contribution < 1.29 is 4.79 Å². The number of hydrogen-bond donors (Lipinski definition) is 0. The van der Waals surface area contributed by atoms with Crippen LogP contribution in [0.2, 0.25) is 0 Å². The summed E-state index contributed by atoms with van der Waals surface area (Å²) in [6.07, 6.45) is 2.03. The van der Waals surface area contributed by atoms with Crippen LogP contribution in [-0.2, 0) is 18.3 Å². The number of carbonyl (C=O) groups is 1. The fraction of sp³-hybridized carbons (Fsp3) is 0.500. The second kappa shape index (κ2) is 8.26. The molecule has 0 saturated heterocycles. The maximum absolute atomic E-state index is 13.3. The van der Waals surface area contributed by atoms with E-state index in [-0.39, 0.29) is 17.9 Å². The van der Waals surface area contributed by atoms with E-state index in [9.17, 15) is 9.59 Å². The summed E-state index contributed by atoms with van der Waals surface area (Å²) in [6.45, 7) is 9.37. The molecule has 0 bridgehead atoms. The van der Waals surface area contributed by atoms with Gasteiger partial charge in [0.2, 0.25) is 5.91 Å². The van der Waals surface area contributed by atoms with Crippen LogP contribution in [0.1, 0.15) is 43.8 Å². The van der Waals surface area contributed by atoms with Gasteiger partial charge in [-0.2, -0.15) is 5.10 Å². The van der Waals surface area contributed by atoms with Gasteiger partial charge in [-0.3, -0.25) is 18.7 Å². The molecule has 1 amide bonds. The van der Waals surface area contributed by atoms with E-state index >= 15 is 0 Å². The van der Waals surface area contributed by atoms with Crippen LogP contribution in [0.5, 0.6) is 0 Å².